The lowest BCUT2D eigenvalue weighted by atomic mass is 9.78. The maximum absolute atomic E-state index is 16.3. The van der Waals surface area contributed by atoms with Gasteiger partial charge in [-0.2, -0.15) is 9.46 Å². The molecule has 8 rings (SSSR count). The molecule has 57 heavy (non-hydrogen) atoms. The average molecular weight is 787 g/mol. The molecule has 0 radical (unpaired) electrons. The fourth-order valence-corrected chi connectivity index (χ4v) is 10.3. The largest absolute Gasteiger partial charge is 0.476 e. The highest BCUT2D eigenvalue weighted by Gasteiger charge is 2.41. The molecule has 11 nitrogen and oxygen atoms in total. The van der Waals surface area contributed by atoms with Gasteiger partial charge in [-0.25, -0.2) is 23.2 Å². The summed E-state index contributed by atoms with van der Waals surface area (Å²) in [7, 11) is -2.23. The van der Waals surface area contributed by atoms with Gasteiger partial charge in [-0.15, -0.1) is 0 Å². The van der Waals surface area contributed by atoms with Crippen LogP contribution in [-0.4, -0.2) is 56.8 Å². The Morgan fingerprint density at radius 3 is 1.95 bits per heavy atom. The van der Waals surface area contributed by atoms with Crippen molar-refractivity contribution in [2.45, 2.75) is 81.9 Å². The molecule has 1 aromatic heterocycles. The summed E-state index contributed by atoms with van der Waals surface area (Å²) in [5.74, 6) is 0.121. The number of nitrogens with one attached hydrogen (secondary N) is 2. The summed E-state index contributed by atoms with van der Waals surface area (Å²) in [6, 6.07) is 30.9. The van der Waals surface area contributed by atoms with E-state index in [0.29, 0.717) is 13.1 Å². The third kappa shape index (κ3) is 7.62. The normalized spacial score (nSPS) is 16.9. The van der Waals surface area contributed by atoms with E-state index in [1.165, 1.54) is 22.2 Å². The van der Waals surface area contributed by atoms with Crippen molar-refractivity contribution in [2.75, 3.05) is 25.5 Å². The van der Waals surface area contributed by atoms with Gasteiger partial charge in [-0.05, 0) is 98.2 Å². The highest BCUT2D eigenvalue weighted by molar-refractivity contribution is 7.92. The fraction of sp³-hybridized carbons (Fsp3) is 0.356. The number of hydrogen-bond donors (Lipinski definition) is 2. The minimum Gasteiger partial charge on any atom is -0.476 e. The molecule has 0 spiro atoms. The lowest BCUT2D eigenvalue weighted by Gasteiger charge is -2.33. The standard InChI is InChI=1S/C45H50N6O5S/c1-44(2,3)56-43(53)50(4)28-31-29-51-41(55-30-31)39(27-46-51)57(54,48-42(52)47-40-37-24-14-16-32(37)26-33-17-15-25-38(33)40)49-45(34-18-8-5-9-19-34,35-20-10-6-11-21-35)36-22-12-7-13-23-36/h5-13,18-23,26-27,31H,14-17,24-25,28-30H2,1-4H3,(H2,47,48,49,52,54)/t31-,57-/m1/s1. The smallest absolute Gasteiger partial charge is 0.410 e. The van der Waals surface area contributed by atoms with E-state index in [0.717, 1.165) is 72.0 Å². The van der Waals surface area contributed by atoms with Crippen LogP contribution in [0.25, 0.3) is 0 Å². The number of amides is 3. The van der Waals surface area contributed by atoms with Crippen LogP contribution in [0.5, 0.6) is 5.88 Å². The van der Waals surface area contributed by atoms with E-state index in [1.54, 1.807) is 11.7 Å². The van der Waals surface area contributed by atoms with Crippen molar-refractivity contribution in [2.24, 2.45) is 10.3 Å². The van der Waals surface area contributed by atoms with E-state index in [-0.39, 0.29) is 23.3 Å². The number of ether oxygens (including phenoxy) is 2. The summed E-state index contributed by atoms with van der Waals surface area (Å²) in [5.41, 5.74) is 6.04. The first-order valence-electron chi connectivity index (χ1n) is 19.8. The first-order chi connectivity index (χ1) is 27.4. The van der Waals surface area contributed by atoms with Crippen LogP contribution in [-0.2, 0) is 52.4 Å². The van der Waals surface area contributed by atoms with Crippen LogP contribution in [0.1, 0.15) is 72.6 Å². The topological polar surface area (TPSA) is 127 Å². The van der Waals surface area contributed by atoms with Gasteiger partial charge in [-0.3, -0.25) is 0 Å². The number of nitrogens with zero attached hydrogens (tertiary/aromatic N) is 4. The zero-order valence-electron chi connectivity index (χ0n) is 33.0. The molecule has 0 fully saturated rings. The van der Waals surface area contributed by atoms with E-state index in [1.807, 2.05) is 112 Å². The molecule has 2 aliphatic carbocycles. The molecule has 3 aliphatic rings. The molecule has 2 heterocycles. The van der Waals surface area contributed by atoms with Crippen molar-refractivity contribution in [1.82, 2.24) is 19.4 Å². The quantitative estimate of drug-likeness (QED) is 0.145. The summed E-state index contributed by atoms with van der Waals surface area (Å²) in [5, 5.41) is 7.86. The van der Waals surface area contributed by atoms with E-state index in [2.05, 4.69) is 21.2 Å². The van der Waals surface area contributed by atoms with E-state index in [4.69, 9.17) is 13.8 Å². The van der Waals surface area contributed by atoms with Crippen LogP contribution in [0.15, 0.2) is 113 Å². The molecule has 1 aliphatic heterocycles. The highest BCUT2D eigenvalue weighted by Crippen LogP contribution is 2.44. The number of benzene rings is 4. The number of hydrogen-bond acceptors (Lipinski definition) is 7. The predicted molar refractivity (Wildman–Crippen MR) is 221 cm³/mol. The van der Waals surface area contributed by atoms with Crippen molar-refractivity contribution in [3.63, 3.8) is 0 Å². The molecule has 0 saturated heterocycles. The lowest BCUT2D eigenvalue weighted by molar-refractivity contribution is 0.0232. The number of anilines is 1. The van der Waals surface area contributed by atoms with Crippen LogP contribution in [0.2, 0.25) is 0 Å². The third-order valence-corrected chi connectivity index (χ3v) is 12.8. The third-order valence-electron chi connectivity index (χ3n) is 11.0. The van der Waals surface area contributed by atoms with Gasteiger partial charge >= 0.3 is 12.1 Å². The molecule has 5 aromatic rings. The summed E-state index contributed by atoms with van der Waals surface area (Å²) in [6.45, 7) is 6.45. The first kappa shape index (κ1) is 38.3. The zero-order chi connectivity index (χ0) is 39.8. The molecule has 296 valence electrons. The van der Waals surface area contributed by atoms with Gasteiger partial charge in [0, 0.05) is 25.2 Å². The van der Waals surface area contributed by atoms with Crippen LogP contribution in [0, 0.1) is 5.92 Å². The van der Waals surface area contributed by atoms with Crippen LogP contribution < -0.4 is 14.8 Å². The van der Waals surface area contributed by atoms with Gasteiger partial charge in [0.1, 0.15) is 16.0 Å². The zero-order valence-corrected chi connectivity index (χ0v) is 33.8. The van der Waals surface area contributed by atoms with Crippen molar-refractivity contribution < 1.29 is 23.3 Å². The number of aryl methyl sites for hydroxylation is 2. The molecule has 12 heteroatoms. The lowest BCUT2D eigenvalue weighted by Crippen LogP contribution is -2.41. The summed E-state index contributed by atoms with van der Waals surface area (Å²) < 4.78 is 38.2. The molecule has 0 saturated carbocycles. The monoisotopic (exact) mass is 786 g/mol. The minimum absolute atomic E-state index is 0.133. The van der Waals surface area contributed by atoms with Gasteiger partial charge in [0.25, 0.3) is 0 Å². The van der Waals surface area contributed by atoms with E-state index >= 15 is 4.21 Å². The number of carbonyl (C=O) groups excluding carboxylic acids is 2. The number of rotatable bonds is 9. The Morgan fingerprint density at radius 1 is 0.877 bits per heavy atom. The number of fused-ring (bicyclic) bond motifs is 3. The number of urea groups is 1. The van der Waals surface area contributed by atoms with Crippen molar-refractivity contribution in [3.05, 3.63) is 142 Å². The number of aromatic nitrogens is 2. The SMILES string of the molecule is CN(C[C@H]1COc2c([S@](=O)(=NC(c3ccccc3)(c3ccccc3)c3ccccc3)NC(=O)Nc3c4c(cc5c3CCC5)CCC4)cnn2C1)C(=O)OC(C)(C)C. The Morgan fingerprint density at radius 2 is 1.42 bits per heavy atom. The minimum atomic E-state index is -3.92. The Kier molecular flexibility index (Phi) is 10.3. The Labute approximate surface area is 335 Å². The maximum atomic E-state index is 16.3. The molecule has 4 aromatic carbocycles. The second-order valence-electron chi connectivity index (χ2n) is 16.2. The molecule has 2 atom stereocenters. The predicted octanol–water partition coefficient (Wildman–Crippen LogP) is 8.29. The molecular formula is C45H50N6O5S. The molecule has 0 unspecified atom stereocenters. The second kappa shape index (κ2) is 15.4. The highest BCUT2D eigenvalue weighted by atomic mass is 32.2. The Hall–Kier alpha value is -5.62. The number of carbonyl (C=O) groups is 2. The maximum Gasteiger partial charge on any atom is 0.410 e. The van der Waals surface area contributed by atoms with E-state index < -0.39 is 33.2 Å². The van der Waals surface area contributed by atoms with Gasteiger partial charge in [0.2, 0.25) is 5.88 Å². The van der Waals surface area contributed by atoms with Crippen molar-refractivity contribution >= 4 is 27.7 Å². The van der Waals surface area contributed by atoms with Crippen LogP contribution in [0.4, 0.5) is 15.3 Å². The Balaban J connectivity index is 1.25. The van der Waals surface area contributed by atoms with Crippen molar-refractivity contribution in [3.8, 4) is 5.88 Å². The van der Waals surface area contributed by atoms with Crippen LogP contribution >= 0.6 is 0 Å². The van der Waals surface area contributed by atoms with Gasteiger partial charge in [-0.1, -0.05) is 97.1 Å². The molecule has 3 amide bonds. The molecule has 0 bridgehead atoms. The summed E-state index contributed by atoms with van der Waals surface area (Å²) in [4.78, 5) is 29.0. The van der Waals surface area contributed by atoms with Crippen LogP contribution in [0.3, 0.4) is 0 Å². The van der Waals surface area contributed by atoms with Gasteiger partial charge in [0.05, 0.1) is 19.3 Å². The Bertz CT molecular complexity index is 2270. The van der Waals surface area contributed by atoms with Crippen molar-refractivity contribution in [1.29, 1.82) is 0 Å². The van der Waals surface area contributed by atoms with Gasteiger partial charge < -0.3 is 19.7 Å². The second-order valence-corrected chi connectivity index (χ2v) is 18.1. The fourth-order valence-electron chi connectivity index (χ4n) is 8.48. The molecule has 2 N–H and O–H groups in total. The molecular weight excluding hydrogens is 737 g/mol. The van der Waals surface area contributed by atoms with E-state index in [9.17, 15) is 9.59 Å². The summed E-state index contributed by atoms with van der Waals surface area (Å²) >= 11 is 0. The van der Waals surface area contributed by atoms with Gasteiger partial charge in [0.15, 0.2) is 9.92 Å². The first-order valence-corrected chi connectivity index (χ1v) is 21.3. The average Bonchev–Trinajstić information content (AvgIpc) is 3.98. The summed E-state index contributed by atoms with van der Waals surface area (Å²) in [6.07, 6.45) is 6.84.